The molecule has 0 saturated carbocycles. The quantitative estimate of drug-likeness (QED) is 0.438. The van der Waals surface area contributed by atoms with Gasteiger partial charge >= 0.3 is 0 Å². The first-order valence-electron chi connectivity index (χ1n) is 9.66. The number of nitrogens with one attached hydrogen (secondary N) is 1. The molecule has 1 aromatic heterocycles. The van der Waals surface area contributed by atoms with E-state index in [0.29, 0.717) is 41.7 Å². The van der Waals surface area contributed by atoms with Gasteiger partial charge in [-0.1, -0.05) is 12.1 Å². The van der Waals surface area contributed by atoms with Crippen molar-refractivity contribution in [2.45, 2.75) is 6.42 Å². The molecule has 3 aromatic rings. The van der Waals surface area contributed by atoms with Gasteiger partial charge in [-0.2, -0.15) is 10.4 Å². The van der Waals surface area contributed by atoms with Gasteiger partial charge in [-0.05, 0) is 52.3 Å². The Morgan fingerprint density at radius 1 is 1.23 bits per heavy atom. The lowest BCUT2D eigenvalue weighted by Crippen LogP contribution is -2.13. The molecule has 4 rings (SSSR count). The van der Waals surface area contributed by atoms with Gasteiger partial charge in [-0.3, -0.25) is 9.48 Å². The maximum absolute atomic E-state index is 12.7. The number of hydrogen-bond donors (Lipinski definition) is 1. The number of aromatic nitrogens is 2. The van der Waals surface area contributed by atoms with E-state index in [-0.39, 0.29) is 5.57 Å². The van der Waals surface area contributed by atoms with Crippen LogP contribution < -0.4 is 14.8 Å². The largest absolute Gasteiger partial charge is 0.490 e. The molecule has 2 aromatic carbocycles. The summed E-state index contributed by atoms with van der Waals surface area (Å²) in [6.07, 6.45) is 4.12. The minimum atomic E-state index is -0.497. The van der Waals surface area contributed by atoms with Gasteiger partial charge in [0.25, 0.3) is 5.91 Å². The third kappa shape index (κ3) is 4.62. The van der Waals surface area contributed by atoms with Crippen molar-refractivity contribution in [3.63, 3.8) is 0 Å². The van der Waals surface area contributed by atoms with E-state index < -0.39 is 5.91 Å². The van der Waals surface area contributed by atoms with Gasteiger partial charge in [0.05, 0.1) is 24.6 Å². The van der Waals surface area contributed by atoms with E-state index in [4.69, 9.17) is 9.47 Å². The van der Waals surface area contributed by atoms with Gasteiger partial charge in [-0.25, -0.2) is 0 Å². The van der Waals surface area contributed by atoms with Crippen LogP contribution in [0.25, 0.3) is 17.3 Å². The summed E-state index contributed by atoms with van der Waals surface area (Å²) >= 11 is 3.39. The second kappa shape index (κ2) is 9.06. The van der Waals surface area contributed by atoms with E-state index in [1.165, 1.54) is 6.08 Å². The Morgan fingerprint density at radius 3 is 2.77 bits per heavy atom. The number of para-hydroxylation sites is 1. The van der Waals surface area contributed by atoms with Gasteiger partial charge in [0.15, 0.2) is 11.5 Å². The van der Waals surface area contributed by atoms with Crippen molar-refractivity contribution in [2.24, 2.45) is 7.05 Å². The number of amides is 1. The molecule has 1 aliphatic heterocycles. The third-order valence-corrected chi connectivity index (χ3v) is 5.36. The molecular weight excluding hydrogens is 460 g/mol. The maximum atomic E-state index is 12.7. The van der Waals surface area contributed by atoms with Crippen LogP contribution in [0.2, 0.25) is 0 Å². The van der Waals surface area contributed by atoms with Crippen molar-refractivity contribution in [2.75, 3.05) is 18.5 Å². The fourth-order valence-electron chi connectivity index (χ4n) is 3.20. The summed E-state index contributed by atoms with van der Waals surface area (Å²) in [6.45, 7) is 1.20. The number of fused-ring (bicyclic) bond motifs is 1. The Balaban J connectivity index is 1.67. The number of aryl methyl sites for hydroxylation is 1. The number of nitrogens with zero attached hydrogens (tertiary/aromatic N) is 3. The summed E-state index contributed by atoms with van der Waals surface area (Å²) < 4.78 is 13.8. The second-order valence-corrected chi connectivity index (χ2v) is 7.78. The monoisotopic (exact) mass is 478 g/mol. The van der Waals surface area contributed by atoms with E-state index in [9.17, 15) is 10.1 Å². The standard InChI is InChI=1S/C23H19BrN4O3/c1-28-14-17(11-16(13-25)23(29)26-19-6-3-2-5-18(19)24)22(27-28)15-7-8-20-21(12-15)31-10-4-9-30-20/h2-3,5-8,11-12,14H,4,9-10H2,1H3,(H,26,29)/b16-11-. The van der Waals surface area contributed by atoms with Gasteiger partial charge in [0, 0.05) is 35.3 Å². The number of anilines is 1. The molecule has 0 fully saturated rings. The zero-order valence-corrected chi connectivity index (χ0v) is 18.3. The molecule has 0 radical (unpaired) electrons. The molecule has 0 atom stereocenters. The SMILES string of the molecule is Cn1cc(/C=C(/C#N)C(=O)Nc2ccccc2Br)c(-c2ccc3c(c2)OCCCO3)n1. The van der Waals surface area contributed by atoms with Gasteiger partial charge < -0.3 is 14.8 Å². The Hall–Kier alpha value is -3.57. The first-order valence-corrected chi connectivity index (χ1v) is 10.5. The van der Waals surface area contributed by atoms with Crippen molar-refractivity contribution >= 4 is 33.6 Å². The number of benzene rings is 2. The van der Waals surface area contributed by atoms with Crippen molar-refractivity contribution in [1.29, 1.82) is 5.26 Å². The van der Waals surface area contributed by atoms with Crippen LogP contribution in [0, 0.1) is 11.3 Å². The van der Waals surface area contributed by atoms with Crippen LogP contribution in [-0.2, 0) is 11.8 Å². The first kappa shape index (κ1) is 20.7. The Bertz CT molecular complexity index is 1210. The lowest BCUT2D eigenvalue weighted by molar-refractivity contribution is -0.112. The number of halogens is 1. The Morgan fingerprint density at radius 2 is 2.00 bits per heavy atom. The van der Waals surface area contributed by atoms with Gasteiger partial charge in [0.2, 0.25) is 0 Å². The maximum Gasteiger partial charge on any atom is 0.266 e. The topological polar surface area (TPSA) is 89.2 Å². The van der Waals surface area contributed by atoms with Crippen LogP contribution in [0.15, 0.2) is 58.7 Å². The molecular formula is C23H19BrN4O3. The lowest BCUT2D eigenvalue weighted by Gasteiger charge is -2.09. The molecule has 2 heterocycles. The highest BCUT2D eigenvalue weighted by Gasteiger charge is 2.17. The van der Waals surface area contributed by atoms with Crippen molar-refractivity contribution in [3.8, 4) is 28.8 Å². The molecule has 31 heavy (non-hydrogen) atoms. The normalized spacial score (nSPS) is 13.3. The second-order valence-electron chi connectivity index (χ2n) is 6.92. The third-order valence-electron chi connectivity index (χ3n) is 4.67. The van der Waals surface area contributed by atoms with Crippen LogP contribution >= 0.6 is 15.9 Å². The van der Waals surface area contributed by atoms with E-state index in [2.05, 4.69) is 26.3 Å². The molecule has 0 spiro atoms. The van der Waals surface area contributed by atoms with E-state index in [0.717, 1.165) is 16.5 Å². The van der Waals surface area contributed by atoms with Gasteiger partial charge in [-0.15, -0.1) is 0 Å². The fourth-order valence-corrected chi connectivity index (χ4v) is 3.59. The fraction of sp³-hybridized carbons (Fsp3) is 0.174. The van der Waals surface area contributed by atoms with E-state index in [1.54, 1.807) is 30.1 Å². The molecule has 0 bridgehead atoms. The number of carbonyl (C=O) groups excluding carboxylic acids is 1. The molecule has 0 aliphatic carbocycles. The summed E-state index contributed by atoms with van der Waals surface area (Å²) in [4.78, 5) is 12.7. The average Bonchev–Trinajstić information content (AvgIpc) is 2.97. The van der Waals surface area contributed by atoms with Crippen LogP contribution in [0.5, 0.6) is 11.5 Å². The summed E-state index contributed by atoms with van der Waals surface area (Å²) in [5.74, 6) is 0.852. The number of hydrogen-bond acceptors (Lipinski definition) is 5. The van der Waals surface area contributed by atoms with E-state index in [1.807, 2.05) is 36.4 Å². The molecule has 7 nitrogen and oxygen atoms in total. The molecule has 8 heteroatoms. The van der Waals surface area contributed by atoms with Crippen molar-refractivity contribution in [1.82, 2.24) is 9.78 Å². The van der Waals surface area contributed by atoms with Crippen molar-refractivity contribution in [3.05, 3.63) is 64.3 Å². The molecule has 1 amide bonds. The Kier molecular flexibility index (Phi) is 6.05. The molecule has 0 saturated heterocycles. The molecule has 156 valence electrons. The molecule has 0 unspecified atom stereocenters. The minimum absolute atomic E-state index is 0.0284. The zero-order valence-electron chi connectivity index (χ0n) is 16.8. The predicted octanol–water partition coefficient (Wildman–Crippen LogP) is 4.56. The number of rotatable bonds is 4. The highest BCUT2D eigenvalue weighted by Crippen LogP contribution is 2.35. The van der Waals surface area contributed by atoms with Crippen LogP contribution in [0.1, 0.15) is 12.0 Å². The molecule has 1 N–H and O–H groups in total. The molecule has 1 aliphatic rings. The number of ether oxygens (including phenoxy) is 2. The van der Waals surface area contributed by atoms with Gasteiger partial charge in [0.1, 0.15) is 11.6 Å². The average molecular weight is 479 g/mol. The smallest absolute Gasteiger partial charge is 0.266 e. The zero-order chi connectivity index (χ0) is 21.8. The minimum Gasteiger partial charge on any atom is -0.490 e. The first-order chi connectivity index (χ1) is 15.0. The lowest BCUT2D eigenvalue weighted by atomic mass is 10.1. The highest BCUT2D eigenvalue weighted by atomic mass is 79.9. The van der Waals surface area contributed by atoms with Crippen molar-refractivity contribution < 1.29 is 14.3 Å². The predicted molar refractivity (Wildman–Crippen MR) is 121 cm³/mol. The summed E-state index contributed by atoms with van der Waals surface area (Å²) in [7, 11) is 1.79. The number of carbonyl (C=O) groups is 1. The van der Waals surface area contributed by atoms with Crippen LogP contribution in [-0.4, -0.2) is 28.9 Å². The highest BCUT2D eigenvalue weighted by molar-refractivity contribution is 9.10. The summed E-state index contributed by atoms with van der Waals surface area (Å²) in [5, 5.41) is 16.9. The van der Waals surface area contributed by atoms with E-state index >= 15 is 0 Å². The van der Waals surface area contributed by atoms with Crippen LogP contribution in [0.4, 0.5) is 5.69 Å². The number of nitriles is 1. The Labute approximate surface area is 188 Å². The summed E-state index contributed by atoms with van der Waals surface area (Å²) in [6, 6.07) is 14.8. The summed E-state index contributed by atoms with van der Waals surface area (Å²) in [5.41, 5.74) is 2.65. The van der Waals surface area contributed by atoms with Crippen LogP contribution in [0.3, 0.4) is 0 Å².